The minimum atomic E-state index is -0.532. The van der Waals surface area contributed by atoms with Gasteiger partial charge in [0.25, 0.3) is 0 Å². The predicted octanol–water partition coefficient (Wildman–Crippen LogP) is 1.38. The van der Waals surface area contributed by atoms with E-state index in [0.717, 1.165) is 10.2 Å². The van der Waals surface area contributed by atoms with Crippen LogP contribution in [0.1, 0.15) is 5.69 Å². The molecule has 5 nitrogen and oxygen atoms in total. The Morgan fingerprint density at radius 3 is 2.77 bits per heavy atom. The first kappa shape index (κ1) is 7.72. The van der Waals surface area contributed by atoms with Crippen molar-refractivity contribution < 1.29 is 5.03 Å². The number of benzene rings is 1. The molecule has 0 amide bonds. The van der Waals surface area contributed by atoms with E-state index in [1.54, 1.807) is 19.1 Å². The summed E-state index contributed by atoms with van der Waals surface area (Å²) in [6, 6.07) is 7.21. The molecule has 0 atom stereocenters. The van der Waals surface area contributed by atoms with Gasteiger partial charge in [0.15, 0.2) is 0 Å². The summed E-state index contributed by atoms with van der Waals surface area (Å²) in [6.45, 7) is 1.68. The van der Waals surface area contributed by atoms with Crippen molar-refractivity contribution in [2.45, 2.75) is 6.92 Å². The van der Waals surface area contributed by atoms with Gasteiger partial charge in [0, 0.05) is 4.79 Å². The van der Waals surface area contributed by atoms with E-state index < -0.39 is 5.03 Å². The number of fused-ring (bicyclic) bond motifs is 1. The molecule has 0 aliphatic rings. The van der Waals surface area contributed by atoms with Crippen LogP contribution in [-0.2, 0) is 0 Å². The average molecular weight is 177 g/mol. The number of aromatic nitrogens is 2. The van der Waals surface area contributed by atoms with E-state index in [-0.39, 0.29) is 0 Å². The lowest BCUT2D eigenvalue weighted by molar-refractivity contribution is -0.553. The lowest BCUT2D eigenvalue weighted by atomic mass is 10.2. The monoisotopic (exact) mass is 177 g/mol. The molecule has 2 rings (SSSR count). The highest BCUT2D eigenvalue weighted by molar-refractivity contribution is 5.80. The number of rotatable bonds is 1. The largest absolute Gasteiger partial charge is 0.339 e. The molecule has 0 unspecified atom stereocenters. The number of nitrogens with zero attached hydrogens (tertiary/aromatic N) is 3. The van der Waals surface area contributed by atoms with Crippen molar-refractivity contribution in [2.24, 2.45) is 0 Å². The van der Waals surface area contributed by atoms with Crippen molar-refractivity contribution in [3.63, 3.8) is 0 Å². The molecular formula is C8H7N3O2. The molecule has 5 heteroatoms. The highest BCUT2D eigenvalue weighted by Crippen LogP contribution is 2.16. The molecule has 0 aliphatic carbocycles. The first-order chi connectivity index (χ1) is 6.20. The van der Waals surface area contributed by atoms with Gasteiger partial charge in [-0.25, -0.2) is 0 Å². The molecule has 1 aromatic heterocycles. The van der Waals surface area contributed by atoms with Crippen LogP contribution in [0.2, 0.25) is 0 Å². The van der Waals surface area contributed by atoms with Gasteiger partial charge >= 0.3 is 0 Å². The van der Waals surface area contributed by atoms with E-state index in [0.29, 0.717) is 11.2 Å². The summed E-state index contributed by atoms with van der Waals surface area (Å²) in [5.74, 6) is 0. The summed E-state index contributed by atoms with van der Waals surface area (Å²) in [4.78, 5) is 11.3. The van der Waals surface area contributed by atoms with Crippen molar-refractivity contribution in [3.05, 3.63) is 40.1 Å². The molecule has 13 heavy (non-hydrogen) atoms. The first-order valence-corrected chi connectivity index (χ1v) is 3.79. The second-order valence-electron chi connectivity index (χ2n) is 2.73. The Hall–Kier alpha value is -1.91. The molecular weight excluding hydrogens is 170 g/mol. The van der Waals surface area contributed by atoms with Crippen LogP contribution in [-0.4, -0.2) is 14.9 Å². The van der Waals surface area contributed by atoms with Crippen LogP contribution in [0.25, 0.3) is 10.9 Å². The van der Waals surface area contributed by atoms with Crippen molar-refractivity contribution in [1.82, 2.24) is 9.89 Å². The number of nitro groups is 1. The SMILES string of the molecule is Cc1c2ccccc2nn1[N+](=O)[O-]. The molecule has 0 radical (unpaired) electrons. The summed E-state index contributed by atoms with van der Waals surface area (Å²) < 4.78 is 0. The summed E-state index contributed by atoms with van der Waals surface area (Å²) >= 11 is 0. The van der Waals surface area contributed by atoms with Crippen LogP contribution >= 0.6 is 0 Å². The average Bonchev–Trinajstić information content (AvgIpc) is 2.45. The standard InChI is InChI=1S/C8H7N3O2/c1-6-7-4-2-3-5-8(7)9-10(6)11(12)13/h2-5H,1H3. The van der Waals surface area contributed by atoms with Gasteiger partial charge in [0.2, 0.25) is 5.52 Å². The molecule has 2 aromatic rings. The molecule has 0 N–H and O–H groups in total. The zero-order valence-electron chi connectivity index (χ0n) is 6.97. The molecule has 0 saturated heterocycles. The van der Waals surface area contributed by atoms with E-state index in [1.807, 2.05) is 12.1 Å². The lowest BCUT2D eigenvalue weighted by Crippen LogP contribution is -2.11. The molecule has 0 saturated carbocycles. The van der Waals surface area contributed by atoms with Gasteiger partial charge in [-0.05, 0) is 19.1 Å². The predicted molar refractivity (Wildman–Crippen MR) is 46.9 cm³/mol. The highest BCUT2D eigenvalue weighted by Gasteiger charge is 2.14. The second-order valence-corrected chi connectivity index (χ2v) is 2.73. The fraction of sp³-hybridized carbons (Fsp3) is 0.125. The van der Waals surface area contributed by atoms with Gasteiger partial charge < -0.3 is 10.1 Å². The minimum absolute atomic E-state index is 0.532. The third-order valence-electron chi connectivity index (χ3n) is 1.95. The zero-order chi connectivity index (χ0) is 9.42. The van der Waals surface area contributed by atoms with Gasteiger partial charge in [-0.15, -0.1) is 0 Å². The highest BCUT2D eigenvalue weighted by atomic mass is 16.7. The Balaban J connectivity index is 2.81. The summed E-state index contributed by atoms with van der Waals surface area (Å²) in [7, 11) is 0. The summed E-state index contributed by atoms with van der Waals surface area (Å²) in [6.07, 6.45) is 0. The Morgan fingerprint density at radius 1 is 1.46 bits per heavy atom. The second kappa shape index (κ2) is 2.55. The Kier molecular flexibility index (Phi) is 1.51. The first-order valence-electron chi connectivity index (χ1n) is 3.79. The number of aryl methyl sites for hydroxylation is 1. The third kappa shape index (κ3) is 1.05. The Morgan fingerprint density at radius 2 is 2.15 bits per heavy atom. The van der Waals surface area contributed by atoms with E-state index >= 15 is 0 Å². The molecule has 0 aliphatic heterocycles. The van der Waals surface area contributed by atoms with Crippen molar-refractivity contribution in [2.75, 3.05) is 0 Å². The van der Waals surface area contributed by atoms with Crippen LogP contribution in [0.15, 0.2) is 24.3 Å². The van der Waals surface area contributed by atoms with Gasteiger partial charge in [0.1, 0.15) is 5.69 Å². The van der Waals surface area contributed by atoms with Gasteiger partial charge in [-0.1, -0.05) is 12.1 Å². The number of hydrogen-bond donors (Lipinski definition) is 0. The quantitative estimate of drug-likeness (QED) is 0.488. The summed E-state index contributed by atoms with van der Waals surface area (Å²) in [5, 5.41) is 14.6. The lowest BCUT2D eigenvalue weighted by Gasteiger charge is -1.92. The van der Waals surface area contributed by atoms with E-state index in [9.17, 15) is 10.1 Å². The van der Waals surface area contributed by atoms with Crippen molar-refractivity contribution in [1.29, 1.82) is 0 Å². The molecule has 1 heterocycles. The fourth-order valence-corrected chi connectivity index (χ4v) is 1.31. The van der Waals surface area contributed by atoms with Gasteiger partial charge in [-0.2, -0.15) is 0 Å². The van der Waals surface area contributed by atoms with Crippen LogP contribution in [0, 0.1) is 17.0 Å². The zero-order valence-corrected chi connectivity index (χ0v) is 6.97. The maximum Gasteiger partial charge on any atom is 0.210 e. The van der Waals surface area contributed by atoms with Crippen LogP contribution in [0.4, 0.5) is 0 Å². The van der Waals surface area contributed by atoms with Crippen LogP contribution < -0.4 is 0 Å². The fourth-order valence-electron chi connectivity index (χ4n) is 1.31. The van der Waals surface area contributed by atoms with Gasteiger partial charge in [-0.3, -0.25) is 0 Å². The van der Waals surface area contributed by atoms with Crippen LogP contribution in [0.3, 0.4) is 0 Å². The van der Waals surface area contributed by atoms with E-state index in [4.69, 9.17) is 0 Å². The Labute approximate surface area is 73.7 Å². The topological polar surface area (TPSA) is 61.0 Å². The van der Waals surface area contributed by atoms with Crippen LogP contribution in [0.5, 0.6) is 0 Å². The molecule has 1 aromatic carbocycles. The normalized spacial score (nSPS) is 10.5. The third-order valence-corrected chi connectivity index (χ3v) is 1.95. The maximum absolute atomic E-state index is 10.5. The van der Waals surface area contributed by atoms with Crippen molar-refractivity contribution in [3.8, 4) is 0 Å². The molecule has 0 spiro atoms. The van der Waals surface area contributed by atoms with E-state index in [1.165, 1.54) is 0 Å². The van der Waals surface area contributed by atoms with E-state index in [2.05, 4.69) is 5.10 Å². The Bertz CT molecular complexity index is 475. The molecule has 0 fully saturated rings. The molecule has 0 bridgehead atoms. The maximum atomic E-state index is 10.5. The number of hydrogen-bond acceptors (Lipinski definition) is 3. The van der Waals surface area contributed by atoms with Gasteiger partial charge in [0.05, 0.1) is 15.5 Å². The minimum Gasteiger partial charge on any atom is -0.339 e. The smallest absolute Gasteiger partial charge is 0.210 e. The summed E-state index contributed by atoms with van der Waals surface area (Å²) in [5.41, 5.74) is 1.21. The molecule has 66 valence electrons. The van der Waals surface area contributed by atoms with Crippen molar-refractivity contribution >= 4 is 10.9 Å².